The van der Waals surface area contributed by atoms with E-state index in [1.165, 1.54) is 11.1 Å². The summed E-state index contributed by atoms with van der Waals surface area (Å²) in [6, 6.07) is 10.3. The topological polar surface area (TPSA) is 16.1 Å². The van der Waals surface area contributed by atoms with Crippen LogP contribution in [0.4, 0.5) is 5.82 Å². The maximum atomic E-state index is 4.47. The quantitative estimate of drug-likeness (QED) is 0.788. The summed E-state index contributed by atoms with van der Waals surface area (Å²) in [5, 5.41) is 0. The lowest BCUT2D eigenvalue weighted by Gasteiger charge is -2.21. The Morgan fingerprint density at radius 1 is 1.22 bits per heavy atom. The third kappa shape index (κ3) is 3.12. The Balaban J connectivity index is 2.22. The highest BCUT2D eigenvalue weighted by Crippen LogP contribution is 2.23. The predicted octanol–water partition coefficient (Wildman–Crippen LogP) is 4.55. The second-order valence-corrected chi connectivity index (χ2v) is 6.01. The van der Waals surface area contributed by atoms with Crippen LogP contribution in [0, 0.1) is 6.92 Å². The number of hydrogen-bond donors (Lipinski definition) is 0. The highest BCUT2D eigenvalue weighted by molar-refractivity contribution is 9.10. The van der Waals surface area contributed by atoms with Gasteiger partial charge in [-0.25, -0.2) is 4.98 Å². The third-order valence-corrected chi connectivity index (χ3v) is 3.95. The van der Waals surface area contributed by atoms with Crippen molar-refractivity contribution >= 4 is 37.7 Å². The number of halogens is 2. The molecular weight excluding hydrogens is 356 g/mol. The monoisotopic (exact) mass is 368 g/mol. The standard InChI is InChI=1S/C14H14Br2N2/c1-10-7-12(15)8-17-14(10)18(2)9-11-5-3-4-6-13(11)16/h3-8H,9H2,1-2H3. The molecule has 0 aliphatic rings. The fourth-order valence-corrected chi connectivity index (χ4v) is 2.75. The summed E-state index contributed by atoms with van der Waals surface area (Å²) in [6.07, 6.45) is 1.83. The van der Waals surface area contributed by atoms with Crippen LogP contribution in [0.3, 0.4) is 0 Å². The largest absolute Gasteiger partial charge is 0.355 e. The minimum atomic E-state index is 0.830. The maximum absolute atomic E-state index is 4.47. The molecule has 0 atom stereocenters. The van der Waals surface area contributed by atoms with Crippen molar-refractivity contribution in [3.63, 3.8) is 0 Å². The van der Waals surface area contributed by atoms with Crippen molar-refractivity contribution in [1.29, 1.82) is 0 Å². The van der Waals surface area contributed by atoms with Crippen molar-refractivity contribution in [3.8, 4) is 0 Å². The zero-order chi connectivity index (χ0) is 13.1. The molecule has 0 saturated carbocycles. The lowest BCUT2D eigenvalue weighted by atomic mass is 10.2. The predicted molar refractivity (Wildman–Crippen MR) is 82.9 cm³/mol. The Morgan fingerprint density at radius 3 is 2.61 bits per heavy atom. The van der Waals surface area contributed by atoms with Gasteiger partial charge in [-0.2, -0.15) is 0 Å². The van der Waals surface area contributed by atoms with Crippen LogP contribution in [0.15, 0.2) is 45.5 Å². The van der Waals surface area contributed by atoms with Crippen LogP contribution in [0.2, 0.25) is 0 Å². The molecule has 0 saturated heterocycles. The summed E-state index contributed by atoms with van der Waals surface area (Å²) in [5.74, 6) is 1.01. The fraction of sp³-hybridized carbons (Fsp3) is 0.214. The van der Waals surface area contributed by atoms with E-state index in [9.17, 15) is 0 Å². The Morgan fingerprint density at radius 2 is 1.94 bits per heavy atom. The lowest BCUT2D eigenvalue weighted by Crippen LogP contribution is -2.19. The van der Waals surface area contributed by atoms with E-state index in [0.29, 0.717) is 0 Å². The molecule has 18 heavy (non-hydrogen) atoms. The number of aryl methyl sites for hydroxylation is 1. The summed E-state index contributed by atoms with van der Waals surface area (Å²) >= 11 is 7.01. The van der Waals surface area contributed by atoms with Gasteiger partial charge >= 0.3 is 0 Å². The molecule has 0 unspecified atom stereocenters. The molecule has 94 valence electrons. The average Bonchev–Trinajstić information content (AvgIpc) is 2.32. The summed E-state index contributed by atoms with van der Waals surface area (Å²) in [6.45, 7) is 2.90. The van der Waals surface area contributed by atoms with Crippen LogP contribution < -0.4 is 4.90 Å². The van der Waals surface area contributed by atoms with Crippen LogP contribution in [0.5, 0.6) is 0 Å². The first-order valence-corrected chi connectivity index (χ1v) is 7.23. The molecular formula is C14H14Br2N2. The first-order valence-electron chi connectivity index (χ1n) is 5.64. The SMILES string of the molecule is Cc1cc(Br)cnc1N(C)Cc1ccccc1Br. The number of aromatic nitrogens is 1. The molecule has 0 aliphatic heterocycles. The van der Waals surface area contributed by atoms with Crippen molar-refractivity contribution < 1.29 is 0 Å². The molecule has 1 aromatic carbocycles. The van der Waals surface area contributed by atoms with Crippen LogP contribution in [0.25, 0.3) is 0 Å². The molecule has 0 aliphatic carbocycles. The van der Waals surface area contributed by atoms with E-state index in [2.05, 4.69) is 80.0 Å². The number of pyridine rings is 1. The first kappa shape index (κ1) is 13.6. The molecule has 0 amide bonds. The molecule has 0 radical (unpaired) electrons. The van der Waals surface area contributed by atoms with Crippen molar-refractivity contribution in [1.82, 2.24) is 4.98 Å². The molecule has 0 spiro atoms. The second kappa shape index (κ2) is 5.85. The van der Waals surface area contributed by atoms with Crippen LogP contribution in [-0.2, 0) is 6.54 Å². The Kier molecular flexibility index (Phi) is 4.40. The average molecular weight is 370 g/mol. The van der Waals surface area contributed by atoms with Crippen LogP contribution in [-0.4, -0.2) is 12.0 Å². The maximum Gasteiger partial charge on any atom is 0.131 e. The van der Waals surface area contributed by atoms with Gasteiger partial charge in [0.2, 0.25) is 0 Å². The highest BCUT2D eigenvalue weighted by Gasteiger charge is 2.08. The molecule has 0 N–H and O–H groups in total. The number of hydrogen-bond acceptors (Lipinski definition) is 2. The van der Waals surface area contributed by atoms with Gasteiger partial charge in [0, 0.05) is 28.7 Å². The van der Waals surface area contributed by atoms with Crippen molar-refractivity contribution in [2.45, 2.75) is 13.5 Å². The summed E-state index contributed by atoms with van der Waals surface area (Å²) in [4.78, 5) is 6.62. The Bertz CT molecular complexity index is 555. The van der Waals surface area contributed by atoms with E-state index in [0.717, 1.165) is 21.3 Å². The fourth-order valence-electron chi connectivity index (χ4n) is 1.89. The van der Waals surface area contributed by atoms with Gasteiger partial charge in [0.25, 0.3) is 0 Å². The van der Waals surface area contributed by atoms with Crippen molar-refractivity contribution in [2.75, 3.05) is 11.9 Å². The summed E-state index contributed by atoms with van der Waals surface area (Å²) in [5.41, 5.74) is 2.42. The minimum absolute atomic E-state index is 0.830. The molecule has 0 fully saturated rings. The van der Waals surface area contributed by atoms with Crippen LogP contribution in [0.1, 0.15) is 11.1 Å². The van der Waals surface area contributed by atoms with E-state index in [1.807, 2.05) is 12.3 Å². The molecule has 2 rings (SSSR count). The van der Waals surface area contributed by atoms with E-state index < -0.39 is 0 Å². The van der Waals surface area contributed by atoms with E-state index in [-0.39, 0.29) is 0 Å². The van der Waals surface area contributed by atoms with Gasteiger partial charge in [0.15, 0.2) is 0 Å². The van der Waals surface area contributed by atoms with Gasteiger partial charge in [-0.15, -0.1) is 0 Å². The number of anilines is 1. The number of rotatable bonds is 3. The van der Waals surface area contributed by atoms with E-state index in [4.69, 9.17) is 0 Å². The summed E-state index contributed by atoms with van der Waals surface area (Å²) in [7, 11) is 2.06. The first-order chi connectivity index (χ1) is 8.58. The molecule has 4 heteroatoms. The second-order valence-electron chi connectivity index (χ2n) is 4.24. The van der Waals surface area contributed by atoms with Crippen molar-refractivity contribution in [3.05, 3.63) is 56.6 Å². The smallest absolute Gasteiger partial charge is 0.131 e. The Labute approximate surface area is 124 Å². The highest BCUT2D eigenvalue weighted by atomic mass is 79.9. The zero-order valence-electron chi connectivity index (χ0n) is 10.3. The molecule has 0 bridgehead atoms. The van der Waals surface area contributed by atoms with Gasteiger partial charge in [-0.05, 0) is 46.1 Å². The molecule has 1 heterocycles. The number of nitrogens with zero attached hydrogens (tertiary/aromatic N) is 2. The molecule has 2 aromatic rings. The number of benzene rings is 1. The van der Waals surface area contributed by atoms with Gasteiger partial charge in [0.05, 0.1) is 0 Å². The van der Waals surface area contributed by atoms with Gasteiger partial charge in [-0.3, -0.25) is 0 Å². The van der Waals surface area contributed by atoms with Gasteiger partial charge in [-0.1, -0.05) is 34.1 Å². The Hall–Kier alpha value is -0.870. The summed E-state index contributed by atoms with van der Waals surface area (Å²) < 4.78 is 2.14. The van der Waals surface area contributed by atoms with E-state index in [1.54, 1.807) is 0 Å². The lowest BCUT2D eigenvalue weighted by molar-refractivity contribution is 0.886. The van der Waals surface area contributed by atoms with Crippen molar-refractivity contribution in [2.24, 2.45) is 0 Å². The van der Waals surface area contributed by atoms with Gasteiger partial charge < -0.3 is 4.90 Å². The van der Waals surface area contributed by atoms with Crippen LogP contribution >= 0.6 is 31.9 Å². The minimum Gasteiger partial charge on any atom is -0.355 e. The molecule has 1 aromatic heterocycles. The third-order valence-electron chi connectivity index (χ3n) is 2.74. The van der Waals surface area contributed by atoms with Gasteiger partial charge in [0.1, 0.15) is 5.82 Å². The zero-order valence-corrected chi connectivity index (χ0v) is 13.5. The normalized spacial score (nSPS) is 10.4. The molecule has 2 nitrogen and oxygen atoms in total. The van der Waals surface area contributed by atoms with E-state index >= 15 is 0 Å².